The van der Waals surface area contributed by atoms with Crippen LogP contribution in [0.25, 0.3) is 0 Å². The van der Waals surface area contributed by atoms with Crippen LogP contribution < -0.4 is 19.2 Å². The number of nitrogens with zero attached hydrogens (tertiary/aromatic N) is 2. The number of rotatable bonds is 5. The average molecular weight is 415 g/mol. The summed E-state index contributed by atoms with van der Waals surface area (Å²) in [5, 5.41) is 2.29. The van der Waals surface area contributed by atoms with E-state index in [4.69, 9.17) is 4.74 Å². The fourth-order valence-electron chi connectivity index (χ4n) is 1.85. The van der Waals surface area contributed by atoms with E-state index in [0.717, 1.165) is 0 Å². The first-order chi connectivity index (χ1) is 11.4. The van der Waals surface area contributed by atoms with Gasteiger partial charge in [-0.05, 0) is 0 Å². The van der Waals surface area contributed by atoms with Gasteiger partial charge >= 0.3 is 146 Å². The molecular formula is C14H16N4O4SSe. The molecule has 0 aliphatic heterocycles. The van der Waals surface area contributed by atoms with Crippen molar-refractivity contribution in [1.29, 1.82) is 0 Å². The van der Waals surface area contributed by atoms with E-state index < -0.39 is 16.1 Å². The molecule has 0 radical (unpaired) electrons. The molecule has 1 aromatic heterocycles. The number of hydrogen-bond donors (Lipinski definition) is 2. The SMILES string of the molecule is COc1cc(C)nc(NC(=O)NS(=O)(=O)c2ccccc2[Se]C)n1. The molecular weight excluding hydrogens is 399 g/mol. The molecule has 2 N–H and O–H groups in total. The van der Waals surface area contributed by atoms with E-state index in [1.807, 2.05) is 10.5 Å². The van der Waals surface area contributed by atoms with Gasteiger partial charge in [-0.3, -0.25) is 0 Å². The van der Waals surface area contributed by atoms with Gasteiger partial charge in [0.05, 0.1) is 0 Å². The third-order valence-electron chi connectivity index (χ3n) is 2.85. The van der Waals surface area contributed by atoms with E-state index in [1.54, 1.807) is 31.2 Å². The van der Waals surface area contributed by atoms with Crippen molar-refractivity contribution in [2.24, 2.45) is 0 Å². The Morgan fingerprint density at radius 2 is 1.96 bits per heavy atom. The molecule has 0 aliphatic rings. The van der Waals surface area contributed by atoms with E-state index in [0.29, 0.717) is 10.2 Å². The van der Waals surface area contributed by atoms with Crippen LogP contribution in [0.2, 0.25) is 5.82 Å². The number of methoxy groups -OCH3 is 1. The maximum atomic E-state index is 12.4. The number of anilines is 1. The van der Waals surface area contributed by atoms with E-state index >= 15 is 0 Å². The van der Waals surface area contributed by atoms with Gasteiger partial charge in [-0.15, -0.1) is 0 Å². The van der Waals surface area contributed by atoms with Crippen LogP contribution in [0.1, 0.15) is 5.69 Å². The fourth-order valence-corrected chi connectivity index (χ4v) is 4.98. The Morgan fingerprint density at radius 1 is 1.25 bits per heavy atom. The van der Waals surface area contributed by atoms with Gasteiger partial charge in [0.2, 0.25) is 0 Å². The van der Waals surface area contributed by atoms with Crippen molar-refractivity contribution in [1.82, 2.24) is 14.7 Å². The minimum atomic E-state index is -3.98. The second-order valence-electron chi connectivity index (χ2n) is 4.59. The number of carbonyl (C=O) groups excluding carboxylic acids is 1. The summed E-state index contributed by atoms with van der Waals surface area (Å²) in [6, 6.07) is 7.19. The van der Waals surface area contributed by atoms with Crippen molar-refractivity contribution < 1.29 is 17.9 Å². The monoisotopic (exact) mass is 416 g/mol. The third-order valence-corrected chi connectivity index (χ3v) is 6.20. The second-order valence-corrected chi connectivity index (χ2v) is 8.02. The summed E-state index contributed by atoms with van der Waals surface area (Å²) >= 11 is -0.0329. The summed E-state index contributed by atoms with van der Waals surface area (Å²) in [6.45, 7) is 1.70. The van der Waals surface area contributed by atoms with Gasteiger partial charge in [0.25, 0.3) is 0 Å². The molecule has 0 atom stereocenters. The summed E-state index contributed by atoms with van der Waals surface area (Å²) in [7, 11) is -2.55. The van der Waals surface area contributed by atoms with Crippen molar-refractivity contribution in [3.8, 4) is 5.88 Å². The first kappa shape index (κ1) is 18.2. The van der Waals surface area contributed by atoms with E-state index in [1.165, 1.54) is 13.2 Å². The molecule has 2 amide bonds. The molecule has 24 heavy (non-hydrogen) atoms. The molecule has 0 unspecified atom stereocenters. The topological polar surface area (TPSA) is 110 Å². The first-order valence-electron chi connectivity index (χ1n) is 6.72. The number of nitrogens with one attached hydrogen (secondary N) is 2. The Morgan fingerprint density at radius 3 is 2.62 bits per heavy atom. The van der Waals surface area contributed by atoms with E-state index in [9.17, 15) is 13.2 Å². The fraction of sp³-hybridized carbons (Fsp3) is 0.214. The van der Waals surface area contributed by atoms with Gasteiger partial charge in [-0.1, -0.05) is 0 Å². The first-order valence-corrected chi connectivity index (χ1v) is 10.8. The predicted octanol–water partition coefficient (Wildman–Crippen LogP) is 0.682. The Labute approximate surface area is 146 Å². The molecule has 0 saturated heterocycles. The normalized spacial score (nSPS) is 11.0. The standard InChI is InChI=1S/C14H16N4O4SSe/c1-9-8-12(22-2)16-13(15-9)17-14(19)18-23(20,21)10-6-4-5-7-11(10)24-3/h4-8H,1-3H3,(H2,15,16,17,18,19). The Kier molecular flexibility index (Phi) is 5.76. The number of sulfonamides is 1. The zero-order valence-electron chi connectivity index (χ0n) is 13.2. The Hall–Kier alpha value is -2.16. The molecule has 2 aromatic rings. The molecule has 10 heteroatoms. The number of amides is 2. The molecule has 1 heterocycles. The quantitative estimate of drug-likeness (QED) is 0.695. The van der Waals surface area contributed by atoms with Crippen LogP contribution in [0.15, 0.2) is 35.2 Å². The van der Waals surface area contributed by atoms with Crippen LogP contribution in [-0.2, 0) is 10.0 Å². The predicted molar refractivity (Wildman–Crippen MR) is 90.4 cm³/mol. The summed E-state index contributed by atoms with van der Waals surface area (Å²) < 4.78 is 32.4. The van der Waals surface area contributed by atoms with Crippen LogP contribution in [-0.4, -0.2) is 46.5 Å². The van der Waals surface area contributed by atoms with Crippen LogP contribution in [0.3, 0.4) is 0 Å². The molecule has 0 spiro atoms. The Balaban J connectivity index is 2.18. The third kappa shape index (κ3) is 4.44. The van der Waals surface area contributed by atoms with Gasteiger partial charge in [-0.25, -0.2) is 0 Å². The number of aromatic nitrogens is 2. The van der Waals surface area contributed by atoms with Crippen molar-refractivity contribution in [3.05, 3.63) is 36.0 Å². The van der Waals surface area contributed by atoms with Gasteiger partial charge in [0.15, 0.2) is 0 Å². The zero-order valence-corrected chi connectivity index (χ0v) is 15.8. The summed E-state index contributed by atoms with van der Waals surface area (Å²) in [6.07, 6.45) is 0. The van der Waals surface area contributed by atoms with E-state index in [-0.39, 0.29) is 31.7 Å². The second kappa shape index (κ2) is 7.61. The molecule has 0 fully saturated rings. The van der Waals surface area contributed by atoms with Crippen LogP contribution in [0.5, 0.6) is 5.88 Å². The average Bonchev–Trinajstić information content (AvgIpc) is 2.53. The number of benzene rings is 1. The zero-order chi connectivity index (χ0) is 17.7. The van der Waals surface area contributed by atoms with Crippen molar-refractivity contribution in [3.63, 3.8) is 0 Å². The van der Waals surface area contributed by atoms with Crippen molar-refractivity contribution >= 4 is 41.4 Å². The molecule has 2 rings (SSSR count). The van der Waals surface area contributed by atoms with Gasteiger partial charge in [0.1, 0.15) is 0 Å². The van der Waals surface area contributed by atoms with Gasteiger partial charge < -0.3 is 0 Å². The number of carbonyl (C=O) groups is 1. The molecule has 0 aliphatic carbocycles. The molecule has 0 saturated carbocycles. The molecule has 1 aromatic carbocycles. The minimum absolute atomic E-state index is 0.0329. The van der Waals surface area contributed by atoms with Crippen LogP contribution in [0.4, 0.5) is 10.7 Å². The molecule has 128 valence electrons. The van der Waals surface area contributed by atoms with Crippen LogP contribution >= 0.6 is 0 Å². The molecule has 8 nitrogen and oxygen atoms in total. The van der Waals surface area contributed by atoms with Gasteiger partial charge in [-0.2, -0.15) is 0 Å². The van der Waals surface area contributed by atoms with Gasteiger partial charge in [0, 0.05) is 0 Å². The number of aryl methyl sites for hydroxylation is 1. The number of urea groups is 1. The number of hydrogen-bond acceptors (Lipinski definition) is 6. The summed E-state index contributed by atoms with van der Waals surface area (Å²) in [5.74, 6) is 2.11. The number of ether oxygens (including phenoxy) is 1. The Bertz CT molecular complexity index is 858. The van der Waals surface area contributed by atoms with Crippen LogP contribution in [0, 0.1) is 6.92 Å². The van der Waals surface area contributed by atoms with Crippen molar-refractivity contribution in [2.45, 2.75) is 17.6 Å². The summed E-state index contributed by atoms with van der Waals surface area (Å²) in [4.78, 5) is 20.0. The van der Waals surface area contributed by atoms with Crippen molar-refractivity contribution in [2.75, 3.05) is 12.4 Å². The maximum absolute atomic E-state index is 12.4. The molecule has 0 bridgehead atoms. The van der Waals surface area contributed by atoms with E-state index in [2.05, 4.69) is 15.3 Å². The summed E-state index contributed by atoms with van der Waals surface area (Å²) in [5.41, 5.74) is 0.569.